The average molecular weight is 478 g/mol. The molecule has 2 N–H and O–H groups in total. The Balaban J connectivity index is 2.10. The van der Waals surface area contributed by atoms with Crippen LogP contribution >= 0.6 is 0 Å². The van der Waals surface area contributed by atoms with E-state index in [9.17, 15) is 22.8 Å². The minimum absolute atomic E-state index is 0.0418. The summed E-state index contributed by atoms with van der Waals surface area (Å²) in [6.07, 6.45) is -1.24. The summed E-state index contributed by atoms with van der Waals surface area (Å²) in [4.78, 5) is 35.9. The molecule has 2 aromatic carbocycles. The zero-order valence-electron chi connectivity index (χ0n) is 19.0. The van der Waals surface area contributed by atoms with Gasteiger partial charge in [-0.2, -0.15) is 0 Å². The van der Waals surface area contributed by atoms with E-state index >= 15 is 0 Å². The molecular weight excluding hydrogens is 450 g/mol. The van der Waals surface area contributed by atoms with Gasteiger partial charge in [-0.15, -0.1) is 0 Å². The van der Waals surface area contributed by atoms with Crippen molar-refractivity contribution < 1.29 is 32.3 Å². The van der Waals surface area contributed by atoms with Crippen LogP contribution in [0.4, 0.5) is 10.5 Å². The molecule has 11 heteroatoms. The molecule has 0 bridgehead atoms. The normalized spacial score (nSPS) is 11.9. The maximum Gasteiger partial charge on any atom is 0.338 e. The maximum atomic E-state index is 13.0. The molecule has 0 heterocycles. The first-order valence-electron chi connectivity index (χ1n) is 10.0. The van der Waals surface area contributed by atoms with Crippen LogP contribution in [0.2, 0.25) is 0 Å². The standard InChI is InChI=1S/C22H27N3O7S/c1-14(2)23-22(28)24-20(26)15(3)32-21(27)16-10-12-17(13-11-16)33(29,30)25(4)18-8-6-7-9-19(18)31-5/h6-15H,1-5H3,(H2,23,24,26,28). The Morgan fingerprint density at radius 1 is 0.970 bits per heavy atom. The third kappa shape index (κ3) is 6.45. The van der Waals surface area contributed by atoms with E-state index in [0.717, 1.165) is 4.31 Å². The molecule has 178 valence electrons. The van der Waals surface area contributed by atoms with Crippen molar-refractivity contribution in [3.63, 3.8) is 0 Å². The molecule has 0 aliphatic heterocycles. The lowest BCUT2D eigenvalue weighted by Gasteiger charge is -2.21. The van der Waals surface area contributed by atoms with Gasteiger partial charge in [0.15, 0.2) is 6.10 Å². The van der Waals surface area contributed by atoms with Gasteiger partial charge in [0.1, 0.15) is 5.75 Å². The van der Waals surface area contributed by atoms with Crippen LogP contribution in [-0.4, -0.2) is 52.6 Å². The molecule has 0 saturated heterocycles. The first kappa shape index (κ1) is 25.7. The van der Waals surface area contributed by atoms with E-state index in [-0.39, 0.29) is 16.5 Å². The Labute approximate surface area is 192 Å². The SMILES string of the molecule is COc1ccccc1N(C)S(=O)(=O)c1ccc(C(=O)OC(C)C(=O)NC(=O)NC(C)C)cc1. The summed E-state index contributed by atoms with van der Waals surface area (Å²) in [5, 5.41) is 4.55. The minimum atomic E-state index is -3.93. The highest BCUT2D eigenvalue weighted by molar-refractivity contribution is 7.92. The number of sulfonamides is 1. The highest BCUT2D eigenvalue weighted by Gasteiger charge is 2.25. The van der Waals surface area contributed by atoms with Crippen molar-refractivity contribution in [1.29, 1.82) is 0 Å². The van der Waals surface area contributed by atoms with Crippen molar-refractivity contribution >= 4 is 33.6 Å². The zero-order valence-corrected chi connectivity index (χ0v) is 19.8. The molecular formula is C22H27N3O7S. The van der Waals surface area contributed by atoms with Crippen LogP contribution in [0.15, 0.2) is 53.4 Å². The molecule has 33 heavy (non-hydrogen) atoms. The number of methoxy groups -OCH3 is 1. The molecule has 3 amide bonds. The molecule has 2 rings (SSSR count). The fourth-order valence-corrected chi connectivity index (χ4v) is 3.94. The third-order valence-corrected chi connectivity index (χ3v) is 6.27. The smallest absolute Gasteiger partial charge is 0.338 e. The van der Waals surface area contributed by atoms with Gasteiger partial charge in [-0.05, 0) is 57.2 Å². The number of amides is 3. The van der Waals surface area contributed by atoms with Crippen LogP contribution < -0.4 is 19.7 Å². The van der Waals surface area contributed by atoms with Gasteiger partial charge in [-0.25, -0.2) is 18.0 Å². The van der Waals surface area contributed by atoms with Gasteiger partial charge in [0.05, 0.1) is 23.3 Å². The molecule has 2 aromatic rings. The lowest BCUT2D eigenvalue weighted by molar-refractivity contribution is -0.127. The van der Waals surface area contributed by atoms with E-state index in [0.29, 0.717) is 11.4 Å². The van der Waals surface area contributed by atoms with Gasteiger partial charge in [0.25, 0.3) is 15.9 Å². The van der Waals surface area contributed by atoms with Crippen LogP contribution in [0.3, 0.4) is 0 Å². The van der Waals surface area contributed by atoms with Crippen LogP contribution in [-0.2, 0) is 19.6 Å². The lowest BCUT2D eigenvalue weighted by atomic mass is 10.2. The van der Waals surface area contributed by atoms with E-state index < -0.39 is 34.0 Å². The number of carbonyl (C=O) groups excluding carboxylic acids is 3. The number of hydrogen-bond acceptors (Lipinski definition) is 7. The highest BCUT2D eigenvalue weighted by atomic mass is 32.2. The molecule has 0 aliphatic rings. The summed E-state index contributed by atoms with van der Waals surface area (Å²) in [5.74, 6) is -1.25. The number of imide groups is 1. The summed E-state index contributed by atoms with van der Waals surface area (Å²) in [7, 11) is -1.10. The first-order chi connectivity index (χ1) is 15.5. The summed E-state index contributed by atoms with van der Waals surface area (Å²) in [6, 6.07) is 10.9. The van der Waals surface area contributed by atoms with E-state index in [4.69, 9.17) is 9.47 Å². The number of anilines is 1. The first-order valence-corrected chi connectivity index (χ1v) is 11.5. The second-order valence-corrected chi connectivity index (χ2v) is 9.30. The molecule has 0 aliphatic carbocycles. The largest absolute Gasteiger partial charge is 0.495 e. The topological polar surface area (TPSA) is 131 Å². The molecule has 0 spiro atoms. The molecule has 1 unspecified atom stereocenters. The number of ether oxygens (including phenoxy) is 2. The molecule has 1 atom stereocenters. The van der Waals surface area contributed by atoms with Crippen LogP contribution in [0.5, 0.6) is 5.75 Å². The minimum Gasteiger partial charge on any atom is -0.495 e. The number of nitrogens with one attached hydrogen (secondary N) is 2. The number of rotatable bonds is 8. The monoisotopic (exact) mass is 477 g/mol. The molecule has 10 nitrogen and oxygen atoms in total. The highest BCUT2D eigenvalue weighted by Crippen LogP contribution is 2.30. The Morgan fingerprint density at radius 3 is 2.15 bits per heavy atom. The predicted molar refractivity (Wildman–Crippen MR) is 122 cm³/mol. The fourth-order valence-electron chi connectivity index (χ4n) is 2.73. The van der Waals surface area contributed by atoms with Gasteiger partial charge < -0.3 is 14.8 Å². The van der Waals surface area contributed by atoms with Gasteiger partial charge >= 0.3 is 12.0 Å². The summed E-state index contributed by atoms with van der Waals surface area (Å²) in [6.45, 7) is 4.77. The summed E-state index contributed by atoms with van der Waals surface area (Å²) >= 11 is 0. The average Bonchev–Trinajstić information content (AvgIpc) is 2.77. The number of urea groups is 1. The van der Waals surface area contributed by atoms with Crippen LogP contribution in [0, 0.1) is 0 Å². The number of hydrogen-bond donors (Lipinski definition) is 2. The molecule has 0 fully saturated rings. The van der Waals surface area contributed by atoms with Crippen molar-refractivity contribution in [3.05, 3.63) is 54.1 Å². The van der Waals surface area contributed by atoms with Crippen LogP contribution in [0.25, 0.3) is 0 Å². The fraction of sp³-hybridized carbons (Fsp3) is 0.318. The maximum absolute atomic E-state index is 13.0. The van der Waals surface area contributed by atoms with E-state index in [2.05, 4.69) is 10.6 Å². The van der Waals surface area contributed by atoms with Crippen molar-refractivity contribution in [2.45, 2.75) is 37.8 Å². The van der Waals surface area contributed by atoms with Gasteiger partial charge in [0.2, 0.25) is 0 Å². The molecule has 0 aromatic heterocycles. The van der Waals surface area contributed by atoms with Crippen molar-refractivity contribution in [2.75, 3.05) is 18.5 Å². The number of nitrogens with zero attached hydrogens (tertiary/aromatic N) is 1. The Morgan fingerprint density at radius 2 is 1.58 bits per heavy atom. The Bertz CT molecular complexity index is 1120. The Hall–Kier alpha value is -3.60. The Kier molecular flexibility index (Phi) is 8.41. The van der Waals surface area contributed by atoms with Gasteiger partial charge in [0, 0.05) is 13.1 Å². The number of benzene rings is 2. The van der Waals surface area contributed by atoms with Crippen molar-refractivity contribution in [3.8, 4) is 5.75 Å². The number of para-hydroxylation sites is 2. The van der Waals surface area contributed by atoms with Crippen molar-refractivity contribution in [2.24, 2.45) is 0 Å². The molecule has 0 radical (unpaired) electrons. The number of carbonyl (C=O) groups is 3. The third-order valence-electron chi connectivity index (χ3n) is 4.48. The second kappa shape index (κ2) is 10.8. The van der Waals surface area contributed by atoms with Crippen LogP contribution in [0.1, 0.15) is 31.1 Å². The van der Waals surface area contributed by atoms with E-state index in [1.807, 2.05) is 0 Å². The van der Waals surface area contributed by atoms with E-state index in [1.165, 1.54) is 45.3 Å². The second-order valence-electron chi connectivity index (χ2n) is 7.33. The molecule has 0 saturated carbocycles. The predicted octanol–water partition coefficient (Wildman–Crippen LogP) is 2.30. The van der Waals surface area contributed by atoms with Gasteiger partial charge in [-0.1, -0.05) is 12.1 Å². The number of esters is 1. The summed E-state index contributed by atoms with van der Waals surface area (Å²) < 4.78 is 37.4. The van der Waals surface area contributed by atoms with E-state index in [1.54, 1.807) is 38.1 Å². The zero-order chi connectivity index (χ0) is 24.8. The quantitative estimate of drug-likeness (QED) is 0.558. The lowest BCUT2D eigenvalue weighted by Crippen LogP contribution is -2.46. The van der Waals surface area contributed by atoms with Gasteiger partial charge in [-0.3, -0.25) is 14.4 Å². The summed E-state index contributed by atoms with van der Waals surface area (Å²) in [5.41, 5.74) is 0.394. The van der Waals surface area contributed by atoms with Crippen molar-refractivity contribution in [1.82, 2.24) is 10.6 Å².